The normalized spacial score (nSPS) is 23.5. The van der Waals surface area contributed by atoms with Crippen molar-refractivity contribution in [3.8, 4) is 0 Å². The zero-order valence-corrected chi connectivity index (χ0v) is 10.7. The molecule has 0 N–H and O–H groups in total. The quantitative estimate of drug-likeness (QED) is 0.780. The van der Waals surface area contributed by atoms with E-state index in [0.29, 0.717) is 5.90 Å². The zero-order chi connectivity index (χ0) is 12.8. The van der Waals surface area contributed by atoms with Crippen LogP contribution in [0.15, 0.2) is 47.6 Å². The van der Waals surface area contributed by atoms with Gasteiger partial charge < -0.3 is 4.74 Å². The molecule has 2 atom stereocenters. The summed E-state index contributed by atoms with van der Waals surface area (Å²) in [5, 5.41) is 0. The minimum atomic E-state index is 0.147. The first-order valence-electron chi connectivity index (χ1n) is 6.56. The van der Waals surface area contributed by atoms with Crippen molar-refractivity contribution in [2.45, 2.75) is 25.5 Å². The topological polar surface area (TPSA) is 34.5 Å². The Hall–Kier alpha value is -2.16. The third kappa shape index (κ3) is 1.65. The molecule has 3 nitrogen and oxygen atoms in total. The van der Waals surface area contributed by atoms with E-state index in [-0.39, 0.29) is 12.1 Å². The Morgan fingerprint density at radius 1 is 1.21 bits per heavy atom. The van der Waals surface area contributed by atoms with Gasteiger partial charge in [0.25, 0.3) is 0 Å². The summed E-state index contributed by atoms with van der Waals surface area (Å²) in [7, 11) is 0. The lowest BCUT2D eigenvalue weighted by Gasteiger charge is -2.08. The lowest BCUT2D eigenvalue weighted by molar-refractivity contribution is 0.206. The first-order chi connectivity index (χ1) is 9.31. The van der Waals surface area contributed by atoms with E-state index in [0.717, 1.165) is 12.1 Å². The van der Waals surface area contributed by atoms with Gasteiger partial charge in [-0.2, -0.15) is 0 Å². The summed E-state index contributed by atoms with van der Waals surface area (Å²) in [5.41, 5.74) is 4.67. The summed E-state index contributed by atoms with van der Waals surface area (Å²) in [6.07, 6.45) is 2.90. The molecule has 0 spiro atoms. The van der Waals surface area contributed by atoms with Crippen molar-refractivity contribution in [3.63, 3.8) is 0 Å². The van der Waals surface area contributed by atoms with Gasteiger partial charge in [0, 0.05) is 12.6 Å². The van der Waals surface area contributed by atoms with Crippen LogP contribution in [0.25, 0.3) is 0 Å². The number of hydrogen-bond acceptors (Lipinski definition) is 3. The summed E-state index contributed by atoms with van der Waals surface area (Å²) in [4.78, 5) is 9.08. The maximum Gasteiger partial charge on any atom is 0.236 e. The number of benzene rings is 1. The second-order valence-electron chi connectivity index (χ2n) is 5.16. The predicted octanol–water partition coefficient (Wildman–Crippen LogP) is 2.83. The molecule has 2 aromatic rings. The Kier molecular flexibility index (Phi) is 2.21. The van der Waals surface area contributed by atoms with Crippen LogP contribution >= 0.6 is 0 Å². The molecule has 0 unspecified atom stereocenters. The fourth-order valence-electron chi connectivity index (χ4n) is 2.88. The Morgan fingerprint density at radius 2 is 2.11 bits per heavy atom. The van der Waals surface area contributed by atoms with Crippen molar-refractivity contribution in [1.82, 2.24) is 4.98 Å². The molecule has 1 aliphatic heterocycles. The second-order valence-corrected chi connectivity index (χ2v) is 5.16. The van der Waals surface area contributed by atoms with Gasteiger partial charge in [-0.3, -0.25) is 4.98 Å². The molecule has 0 radical (unpaired) electrons. The maximum absolute atomic E-state index is 6.00. The van der Waals surface area contributed by atoms with Gasteiger partial charge in [0.1, 0.15) is 17.8 Å². The molecule has 0 bridgehead atoms. The molecule has 0 saturated carbocycles. The van der Waals surface area contributed by atoms with E-state index in [9.17, 15) is 0 Å². The highest BCUT2D eigenvalue weighted by molar-refractivity contribution is 5.94. The Bertz CT molecular complexity index is 678. The number of ether oxygens (including phenoxy) is 1. The van der Waals surface area contributed by atoms with Crippen LogP contribution in [0.5, 0.6) is 0 Å². The molecule has 0 fully saturated rings. The third-order valence-corrected chi connectivity index (χ3v) is 3.80. The Balaban J connectivity index is 1.73. The standard InChI is InChI=1S/C16H14N2O/c1-10-6-7-17-13(8-10)16-18-15-12-5-3-2-4-11(12)9-14(15)19-16/h2-8,14-15H,9H2,1H3/t14-,15+/m0/s1. The van der Waals surface area contributed by atoms with E-state index in [1.165, 1.54) is 16.7 Å². The molecule has 4 rings (SSSR count). The van der Waals surface area contributed by atoms with Crippen LogP contribution in [-0.2, 0) is 11.2 Å². The molecule has 94 valence electrons. The number of fused-ring (bicyclic) bond motifs is 3. The van der Waals surface area contributed by atoms with Gasteiger partial charge in [-0.05, 0) is 35.7 Å². The summed E-state index contributed by atoms with van der Waals surface area (Å²) >= 11 is 0. The van der Waals surface area contributed by atoms with E-state index < -0.39 is 0 Å². The first kappa shape index (κ1) is 10.7. The molecular weight excluding hydrogens is 236 g/mol. The van der Waals surface area contributed by atoms with Crippen LogP contribution in [0, 0.1) is 6.92 Å². The minimum Gasteiger partial charge on any atom is -0.470 e. The molecule has 1 aliphatic carbocycles. The zero-order valence-electron chi connectivity index (χ0n) is 10.7. The number of aryl methyl sites for hydroxylation is 1. The average molecular weight is 250 g/mol. The maximum atomic E-state index is 6.00. The van der Waals surface area contributed by atoms with Gasteiger partial charge in [-0.25, -0.2) is 4.99 Å². The number of aromatic nitrogens is 1. The van der Waals surface area contributed by atoms with E-state index in [4.69, 9.17) is 9.73 Å². The molecule has 2 aliphatic rings. The van der Waals surface area contributed by atoms with Gasteiger partial charge in [-0.1, -0.05) is 24.3 Å². The highest BCUT2D eigenvalue weighted by atomic mass is 16.5. The molecule has 3 heteroatoms. The highest BCUT2D eigenvalue weighted by Crippen LogP contribution is 2.40. The predicted molar refractivity (Wildman–Crippen MR) is 73.3 cm³/mol. The van der Waals surface area contributed by atoms with E-state index in [1.807, 2.05) is 12.1 Å². The fourth-order valence-corrected chi connectivity index (χ4v) is 2.88. The first-order valence-corrected chi connectivity index (χ1v) is 6.56. The van der Waals surface area contributed by atoms with Crippen LogP contribution in [0.2, 0.25) is 0 Å². The lowest BCUT2D eigenvalue weighted by atomic mass is 10.1. The minimum absolute atomic E-state index is 0.147. The SMILES string of the molecule is Cc1ccnc(C2=N[C@@H]3c4ccccc4C[C@@H]3O2)c1. The number of hydrogen-bond donors (Lipinski definition) is 0. The monoisotopic (exact) mass is 250 g/mol. The van der Waals surface area contributed by atoms with Gasteiger partial charge in [0.05, 0.1) is 0 Å². The number of rotatable bonds is 1. The van der Waals surface area contributed by atoms with Gasteiger partial charge in [-0.15, -0.1) is 0 Å². The van der Waals surface area contributed by atoms with Crippen molar-refractivity contribution in [2.75, 3.05) is 0 Å². The van der Waals surface area contributed by atoms with Gasteiger partial charge >= 0.3 is 0 Å². The third-order valence-electron chi connectivity index (χ3n) is 3.80. The van der Waals surface area contributed by atoms with Crippen LogP contribution in [-0.4, -0.2) is 17.0 Å². The lowest BCUT2D eigenvalue weighted by Crippen LogP contribution is -2.14. The molecule has 1 aromatic carbocycles. The molecule has 0 amide bonds. The van der Waals surface area contributed by atoms with Crippen LogP contribution in [0.3, 0.4) is 0 Å². The van der Waals surface area contributed by atoms with Gasteiger partial charge in [0.15, 0.2) is 0 Å². The summed E-state index contributed by atoms with van der Waals surface area (Å²) in [5.74, 6) is 0.688. The molecule has 2 heterocycles. The number of aliphatic imine (C=N–C) groups is 1. The second kappa shape index (κ2) is 3.92. The van der Waals surface area contributed by atoms with Gasteiger partial charge in [0.2, 0.25) is 5.90 Å². The largest absolute Gasteiger partial charge is 0.470 e. The van der Waals surface area contributed by atoms with Crippen LogP contribution in [0.4, 0.5) is 0 Å². The highest BCUT2D eigenvalue weighted by Gasteiger charge is 2.39. The summed E-state index contributed by atoms with van der Waals surface area (Å²) in [6.45, 7) is 2.05. The summed E-state index contributed by atoms with van der Waals surface area (Å²) < 4.78 is 6.00. The molecule has 19 heavy (non-hydrogen) atoms. The molecular formula is C16H14N2O. The van der Waals surface area contributed by atoms with Crippen molar-refractivity contribution >= 4 is 5.90 Å². The summed E-state index contributed by atoms with van der Waals surface area (Å²) in [6, 6.07) is 12.6. The smallest absolute Gasteiger partial charge is 0.236 e. The Morgan fingerprint density at radius 3 is 3.00 bits per heavy atom. The number of nitrogens with zero attached hydrogens (tertiary/aromatic N) is 2. The van der Waals surface area contributed by atoms with Crippen molar-refractivity contribution in [2.24, 2.45) is 4.99 Å². The van der Waals surface area contributed by atoms with E-state index in [1.54, 1.807) is 6.20 Å². The fraction of sp³-hybridized carbons (Fsp3) is 0.250. The van der Waals surface area contributed by atoms with Crippen LogP contribution < -0.4 is 0 Å². The van der Waals surface area contributed by atoms with Crippen molar-refractivity contribution < 1.29 is 4.74 Å². The van der Waals surface area contributed by atoms with E-state index >= 15 is 0 Å². The Labute approximate surface area is 112 Å². The van der Waals surface area contributed by atoms with Crippen molar-refractivity contribution in [3.05, 3.63) is 65.0 Å². The van der Waals surface area contributed by atoms with Crippen LogP contribution in [0.1, 0.15) is 28.4 Å². The number of pyridine rings is 1. The molecule has 1 aromatic heterocycles. The van der Waals surface area contributed by atoms with E-state index in [2.05, 4.69) is 36.2 Å². The van der Waals surface area contributed by atoms with Crippen molar-refractivity contribution in [1.29, 1.82) is 0 Å². The average Bonchev–Trinajstić information content (AvgIpc) is 2.96. The molecule has 0 saturated heterocycles.